The van der Waals surface area contributed by atoms with Gasteiger partial charge in [0, 0.05) is 25.0 Å². The normalized spacial score (nSPS) is 16.7. The molecule has 1 atom stereocenters. The number of fused-ring (bicyclic) bond motifs is 2. The molecule has 1 unspecified atom stereocenters. The highest BCUT2D eigenvalue weighted by molar-refractivity contribution is 6.09. The molecule has 0 saturated carbocycles. The van der Waals surface area contributed by atoms with Crippen LogP contribution in [0.15, 0.2) is 61.1 Å². The third-order valence-corrected chi connectivity index (χ3v) is 7.14. The van der Waals surface area contributed by atoms with Crippen molar-refractivity contribution in [3.8, 4) is 11.5 Å². The van der Waals surface area contributed by atoms with E-state index in [1.54, 1.807) is 24.7 Å². The van der Waals surface area contributed by atoms with Crippen LogP contribution in [0.2, 0.25) is 0 Å². The van der Waals surface area contributed by atoms with Gasteiger partial charge in [-0.25, -0.2) is 24.3 Å². The predicted molar refractivity (Wildman–Crippen MR) is 139 cm³/mol. The van der Waals surface area contributed by atoms with Crippen molar-refractivity contribution in [2.45, 2.75) is 32.6 Å². The fourth-order valence-electron chi connectivity index (χ4n) is 4.91. The Labute approximate surface area is 212 Å². The van der Waals surface area contributed by atoms with Gasteiger partial charge in [0.1, 0.15) is 28.6 Å². The van der Waals surface area contributed by atoms with Gasteiger partial charge in [-0.05, 0) is 55.2 Å². The van der Waals surface area contributed by atoms with E-state index in [1.807, 2.05) is 49.4 Å². The number of nitrogens with zero attached hydrogens (tertiary/aromatic N) is 5. The minimum atomic E-state index is -1.03. The summed E-state index contributed by atoms with van der Waals surface area (Å²) in [6.45, 7) is 5.88. The zero-order valence-electron chi connectivity index (χ0n) is 20.6. The topological polar surface area (TPSA) is 111 Å². The van der Waals surface area contributed by atoms with E-state index >= 15 is 0 Å². The van der Waals surface area contributed by atoms with E-state index in [1.165, 1.54) is 12.1 Å². The van der Waals surface area contributed by atoms with Crippen LogP contribution in [0.25, 0.3) is 17.2 Å². The van der Waals surface area contributed by atoms with E-state index in [0.29, 0.717) is 34.8 Å². The minimum Gasteiger partial charge on any atom is -0.383 e. The number of nitrogens with one attached hydrogen (secondary N) is 1. The van der Waals surface area contributed by atoms with Crippen LogP contribution >= 0.6 is 0 Å². The molecule has 184 valence electrons. The van der Waals surface area contributed by atoms with Crippen molar-refractivity contribution < 1.29 is 9.18 Å². The van der Waals surface area contributed by atoms with Crippen molar-refractivity contribution >= 4 is 23.2 Å². The van der Waals surface area contributed by atoms with E-state index in [2.05, 4.69) is 20.3 Å². The van der Waals surface area contributed by atoms with E-state index in [-0.39, 0.29) is 23.4 Å². The fourth-order valence-corrected chi connectivity index (χ4v) is 4.91. The number of halogens is 1. The van der Waals surface area contributed by atoms with Gasteiger partial charge < -0.3 is 15.5 Å². The summed E-state index contributed by atoms with van der Waals surface area (Å²) in [4.78, 5) is 31.7. The summed E-state index contributed by atoms with van der Waals surface area (Å²) < 4.78 is 15.6. The van der Waals surface area contributed by atoms with Crippen LogP contribution in [0.1, 0.15) is 40.4 Å². The third kappa shape index (κ3) is 3.62. The van der Waals surface area contributed by atoms with Crippen molar-refractivity contribution in [1.29, 1.82) is 0 Å². The molecule has 1 aliphatic heterocycles. The number of aromatic nitrogens is 5. The molecule has 0 bridgehead atoms. The molecule has 1 aliphatic rings. The number of hydrogen-bond donors (Lipinski definition) is 2. The molecule has 3 N–H and O–H groups in total. The lowest BCUT2D eigenvalue weighted by Gasteiger charge is -2.24. The van der Waals surface area contributed by atoms with Gasteiger partial charge in [0.05, 0.1) is 11.3 Å². The van der Waals surface area contributed by atoms with E-state index in [4.69, 9.17) is 10.7 Å². The van der Waals surface area contributed by atoms with E-state index < -0.39 is 5.41 Å². The lowest BCUT2D eigenvalue weighted by molar-refractivity contribution is -0.119. The second-order valence-corrected chi connectivity index (χ2v) is 9.57. The Balaban J connectivity index is 1.46. The number of carbonyl (C=O) groups is 1. The summed E-state index contributed by atoms with van der Waals surface area (Å²) in [6.07, 6.45) is 5.60. The number of amides is 1. The standard InChI is InChI=1S/C28H24FN7O/c1-15-7-8-18(11-16(15)2)28(3)22-23(30)33-24(34-25(22)35-27(28)37)21-14-36-10-9-31-26(36)20(32-21)13-17-5-4-6-19(29)12-17/h4-12,14H,13H2,1-3H3,(H3,30,33,34,35,37). The predicted octanol–water partition coefficient (Wildman–Crippen LogP) is 4.37. The van der Waals surface area contributed by atoms with E-state index in [0.717, 1.165) is 22.3 Å². The smallest absolute Gasteiger partial charge is 0.240 e. The van der Waals surface area contributed by atoms with Crippen LogP contribution in [0.4, 0.5) is 16.0 Å². The largest absolute Gasteiger partial charge is 0.383 e. The van der Waals surface area contributed by atoms with Gasteiger partial charge in [-0.15, -0.1) is 0 Å². The Morgan fingerprint density at radius 2 is 1.92 bits per heavy atom. The number of imidazole rings is 1. The molecule has 0 fully saturated rings. The van der Waals surface area contributed by atoms with Crippen molar-refractivity contribution in [1.82, 2.24) is 24.3 Å². The summed E-state index contributed by atoms with van der Waals surface area (Å²) >= 11 is 0. The highest BCUT2D eigenvalue weighted by Crippen LogP contribution is 2.45. The molecule has 6 rings (SSSR count). The average molecular weight is 494 g/mol. The second-order valence-electron chi connectivity index (χ2n) is 9.57. The van der Waals surface area contributed by atoms with Crippen LogP contribution in [-0.2, 0) is 16.6 Å². The number of nitrogens with two attached hydrogens (primary N) is 1. The fraction of sp³-hybridized carbons (Fsp3) is 0.179. The molecular weight excluding hydrogens is 469 g/mol. The third-order valence-electron chi connectivity index (χ3n) is 7.14. The maximum absolute atomic E-state index is 13.8. The summed E-state index contributed by atoms with van der Waals surface area (Å²) in [6, 6.07) is 12.3. The van der Waals surface area contributed by atoms with Gasteiger partial charge in [-0.2, -0.15) is 0 Å². The molecule has 2 aromatic carbocycles. The van der Waals surface area contributed by atoms with E-state index in [9.17, 15) is 9.18 Å². The number of rotatable bonds is 4. The Hall–Kier alpha value is -4.66. The Morgan fingerprint density at radius 1 is 1.08 bits per heavy atom. The maximum atomic E-state index is 13.8. The molecule has 1 amide bonds. The summed E-state index contributed by atoms with van der Waals surface area (Å²) in [5.74, 6) is 0.321. The highest BCUT2D eigenvalue weighted by atomic mass is 19.1. The van der Waals surface area contributed by atoms with Gasteiger partial charge in [0.25, 0.3) is 0 Å². The Bertz CT molecular complexity index is 1730. The first-order chi connectivity index (χ1) is 17.7. The molecule has 0 saturated heterocycles. The molecule has 37 heavy (non-hydrogen) atoms. The summed E-state index contributed by atoms with van der Waals surface area (Å²) in [5.41, 5.74) is 11.6. The van der Waals surface area contributed by atoms with Gasteiger partial charge in [-0.3, -0.25) is 4.79 Å². The lowest BCUT2D eigenvalue weighted by Crippen LogP contribution is -2.33. The van der Waals surface area contributed by atoms with Crippen LogP contribution in [0.3, 0.4) is 0 Å². The highest BCUT2D eigenvalue weighted by Gasteiger charge is 2.47. The molecule has 4 heterocycles. The first-order valence-corrected chi connectivity index (χ1v) is 11.9. The quantitative estimate of drug-likeness (QED) is 0.385. The van der Waals surface area contributed by atoms with Crippen LogP contribution < -0.4 is 11.1 Å². The van der Waals surface area contributed by atoms with Crippen molar-refractivity contribution in [3.05, 3.63) is 100 Å². The number of hydrogen-bond acceptors (Lipinski definition) is 6. The van der Waals surface area contributed by atoms with Crippen LogP contribution in [0, 0.1) is 19.7 Å². The van der Waals surface area contributed by atoms with Crippen LogP contribution in [0.5, 0.6) is 0 Å². The number of anilines is 2. The van der Waals surface area contributed by atoms with Crippen LogP contribution in [-0.4, -0.2) is 30.2 Å². The molecule has 5 aromatic rings. The number of benzene rings is 2. The van der Waals surface area contributed by atoms with Gasteiger partial charge in [0.2, 0.25) is 5.91 Å². The maximum Gasteiger partial charge on any atom is 0.240 e. The average Bonchev–Trinajstić information content (AvgIpc) is 3.44. The summed E-state index contributed by atoms with van der Waals surface area (Å²) in [5, 5.41) is 2.91. The SMILES string of the molecule is Cc1ccc(C2(C)C(=O)Nc3nc(-c4cn5ccnc5c(Cc5cccc(F)c5)n4)nc(N)c32)cc1C. The first kappa shape index (κ1) is 22.8. The Morgan fingerprint density at radius 3 is 2.70 bits per heavy atom. The minimum absolute atomic E-state index is 0.207. The monoisotopic (exact) mass is 493 g/mol. The summed E-state index contributed by atoms with van der Waals surface area (Å²) in [7, 11) is 0. The molecule has 0 spiro atoms. The molecular formula is C28H24FN7O. The Kier molecular flexibility index (Phi) is 5.04. The van der Waals surface area contributed by atoms with Crippen molar-refractivity contribution in [2.75, 3.05) is 11.1 Å². The molecule has 0 radical (unpaired) electrons. The number of aryl methyl sites for hydroxylation is 2. The number of carbonyl (C=O) groups excluding carboxylic acids is 1. The van der Waals surface area contributed by atoms with Crippen molar-refractivity contribution in [2.24, 2.45) is 0 Å². The molecule has 0 aliphatic carbocycles. The van der Waals surface area contributed by atoms with Gasteiger partial charge in [-0.1, -0.05) is 30.3 Å². The van der Waals surface area contributed by atoms with Crippen molar-refractivity contribution in [3.63, 3.8) is 0 Å². The number of nitrogen functional groups attached to an aromatic ring is 1. The first-order valence-electron chi connectivity index (χ1n) is 11.9. The zero-order chi connectivity index (χ0) is 25.9. The van der Waals surface area contributed by atoms with Gasteiger partial charge in [0.15, 0.2) is 11.5 Å². The lowest BCUT2D eigenvalue weighted by atomic mass is 9.77. The van der Waals surface area contributed by atoms with Gasteiger partial charge >= 0.3 is 0 Å². The second kappa shape index (κ2) is 8.19. The molecule has 3 aromatic heterocycles. The molecule has 8 nitrogen and oxygen atoms in total. The zero-order valence-corrected chi connectivity index (χ0v) is 20.6. The molecule has 9 heteroatoms.